The van der Waals surface area contributed by atoms with E-state index in [0.717, 1.165) is 11.3 Å². The van der Waals surface area contributed by atoms with Crippen LogP contribution in [0, 0.1) is 5.41 Å². The summed E-state index contributed by atoms with van der Waals surface area (Å²) in [6, 6.07) is -1.63. The van der Waals surface area contributed by atoms with Crippen molar-refractivity contribution in [1.82, 2.24) is 25.8 Å². The molecule has 3 aromatic heterocycles. The number of morpholine rings is 1. The number of imide groups is 2. The third-order valence-electron chi connectivity index (χ3n) is 6.55. The maximum absolute atomic E-state index is 13.3. The number of barbiturate groups is 1. The van der Waals surface area contributed by atoms with E-state index in [1.807, 2.05) is 11.8 Å². The average molecular weight is 558 g/mol. The molecule has 6 heterocycles. The van der Waals surface area contributed by atoms with Crippen LogP contribution in [0.2, 0.25) is 14.6 Å². The summed E-state index contributed by atoms with van der Waals surface area (Å²) in [4.78, 5) is 49.5. The van der Waals surface area contributed by atoms with Crippen LogP contribution in [-0.2, 0) is 20.7 Å². The number of rotatable bonds is 1. The Balaban J connectivity index is 1.61. The molecule has 0 aliphatic carbocycles. The molecule has 6 rings (SSSR count). The highest BCUT2D eigenvalue weighted by atomic mass is 35.5. The molecule has 11 nitrogen and oxygen atoms in total. The highest BCUT2D eigenvalue weighted by Crippen LogP contribution is 2.51. The fourth-order valence-corrected chi connectivity index (χ4v) is 7.04. The number of amides is 4. The molecule has 0 saturated carbocycles. The minimum absolute atomic E-state index is 0.128. The predicted molar refractivity (Wildman–Crippen MR) is 127 cm³/mol. The van der Waals surface area contributed by atoms with Crippen LogP contribution in [0.1, 0.15) is 19.5 Å². The summed E-state index contributed by atoms with van der Waals surface area (Å²) in [6.45, 7) is 3.97. The summed E-state index contributed by atoms with van der Waals surface area (Å²) in [6.07, 6.45) is -0.920. The van der Waals surface area contributed by atoms with E-state index in [0.29, 0.717) is 22.8 Å². The number of hydrogen-bond acceptors (Lipinski definition) is 10. The number of urea groups is 1. The molecule has 4 amide bonds. The number of carbonyl (C=O) groups excluding carboxylic acids is 3. The number of hydrogen-bond donors (Lipinski definition) is 2. The first-order valence-corrected chi connectivity index (χ1v) is 12.5. The average Bonchev–Trinajstić information content (AvgIpc) is 3.33. The van der Waals surface area contributed by atoms with Crippen molar-refractivity contribution in [2.24, 2.45) is 5.41 Å². The van der Waals surface area contributed by atoms with Gasteiger partial charge < -0.3 is 14.2 Å². The van der Waals surface area contributed by atoms with Gasteiger partial charge in [-0.1, -0.05) is 51.3 Å². The number of halogens is 3. The first-order chi connectivity index (χ1) is 16.6. The van der Waals surface area contributed by atoms with Gasteiger partial charge in [-0.15, -0.1) is 0 Å². The lowest BCUT2D eigenvalue weighted by atomic mass is 9.67. The smallest absolute Gasteiger partial charge is 0.328 e. The van der Waals surface area contributed by atoms with Gasteiger partial charge in [0.25, 0.3) is 0 Å². The zero-order valence-electron chi connectivity index (χ0n) is 18.0. The standard InChI is InChI=1S/C20H15Cl3N6O5S/c1-5-4-29-11-7(3-20(14(29)6(2)33-5)16(30)26-19(32)27-17(20)31)24-9-10(28-34-12(9)8(11)21)13-15(22)25-18(23)35-13/h5-6,14H,3-4H2,1-2H3,(H2,26,27,30,31,32)/t5-,6+,14-/m1/s1. The first-order valence-electron chi connectivity index (χ1n) is 10.5. The van der Waals surface area contributed by atoms with Gasteiger partial charge in [-0.2, -0.15) is 0 Å². The van der Waals surface area contributed by atoms with Crippen LogP contribution >= 0.6 is 46.1 Å². The Morgan fingerprint density at radius 1 is 1.11 bits per heavy atom. The summed E-state index contributed by atoms with van der Waals surface area (Å²) in [7, 11) is 0. The molecule has 182 valence electrons. The predicted octanol–water partition coefficient (Wildman–Crippen LogP) is 3.20. The Morgan fingerprint density at radius 2 is 1.83 bits per heavy atom. The molecule has 2 fully saturated rings. The fraction of sp³-hybridized carbons (Fsp3) is 0.400. The molecule has 0 radical (unpaired) electrons. The molecule has 2 saturated heterocycles. The Hall–Kier alpha value is -2.51. The molecule has 3 aliphatic heterocycles. The molecule has 0 aromatic carbocycles. The molecule has 0 bridgehead atoms. The third-order valence-corrected chi connectivity index (χ3v) is 8.46. The minimum Gasteiger partial charge on any atom is -0.372 e. The monoisotopic (exact) mass is 556 g/mol. The lowest BCUT2D eigenvalue weighted by molar-refractivity contribution is -0.153. The molecular weight excluding hydrogens is 543 g/mol. The van der Waals surface area contributed by atoms with Gasteiger partial charge in [0, 0.05) is 13.0 Å². The van der Waals surface area contributed by atoms with Crippen molar-refractivity contribution in [2.45, 2.75) is 38.5 Å². The summed E-state index contributed by atoms with van der Waals surface area (Å²) in [5, 5.41) is 8.94. The quantitative estimate of drug-likeness (QED) is 0.432. The van der Waals surface area contributed by atoms with Gasteiger partial charge in [0.05, 0.1) is 34.5 Å². The number of nitrogens with zero attached hydrogens (tertiary/aromatic N) is 4. The number of nitrogens with one attached hydrogen (secondary N) is 2. The second kappa shape index (κ2) is 7.74. The number of thiazole rings is 1. The van der Waals surface area contributed by atoms with Crippen LogP contribution < -0.4 is 15.5 Å². The zero-order valence-corrected chi connectivity index (χ0v) is 21.1. The highest BCUT2D eigenvalue weighted by molar-refractivity contribution is 7.19. The largest absolute Gasteiger partial charge is 0.372 e. The van der Waals surface area contributed by atoms with Crippen LogP contribution in [0.15, 0.2) is 4.52 Å². The first kappa shape index (κ1) is 22.9. The van der Waals surface area contributed by atoms with E-state index < -0.39 is 35.4 Å². The van der Waals surface area contributed by atoms with Crippen molar-refractivity contribution in [1.29, 1.82) is 0 Å². The molecule has 3 aliphatic rings. The number of fused-ring (bicyclic) bond motifs is 5. The Labute approximate surface area is 216 Å². The highest BCUT2D eigenvalue weighted by Gasteiger charge is 2.63. The summed E-state index contributed by atoms with van der Waals surface area (Å²) >= 11 is 20.2. The zero-order chi connectivity index (χ0) is 24.8. The summed E-state index contributed by atoms with van der Waals surface area (Å²) in [5.74, 6) is -1.45. The van der Waals surface area contributed by atoms with Crippen molar-refractivity contribution in [3.8, 4) is 10.6 Å². The minimum atomic E-state index is -1.69. The third kappa shape index (κ3) is 3.13. The van der Waals surface area contributed by atoms with Crippen molar-refractivity contribution in [2.75, 3.05) is 11.4 Å². The van der Waals surface area contributed by atoms with Gasteiger partial charge in [-0.05, 0) is 13.8 Å². The van der Waals surface area contributed by atoms with Crippen molar-refractivity contribution < 1.29 is 23.6 Å². The van der Waals surface area contributed by atoms with Crippen LogP contribution in [0.5, 0.6) is 0 Å². The van der Waals surface area contributed by atoms with Gasteiger partial charge in [0.2, 0.25) is 17.4 Å². The molecule has 0 unspecified atom stereocenters. The molecule has 15 heteroatoms. The van der Waals surface area contributed by atoms with Crippen LogP contribution in [0.25, 0.3) is 21.7 Å². The van der Waals surface area contributed by atoms with E-state index in [-0.39, 0.29) is 44.0 Å². The molecular formula is C20H15Cl3N6O5S. The van der Waals surface area contributed by atoms with Crippen molar-refractivity contribution in [3.05, 3.63) is 20.3 Å². The Bertz CT molecular complexity index is 1440. The number of pyridine rings is 1. The topological polar surface area (TPSA) is 140 Å². The second-order valence-corrected chi connectivity index (χ2v) is 11.0. The van der Waals surface area contributed by atoms with Crippen molar-refractivity contribution >= 4 is 80.8 Å². The van der Waals surface area contributed by atoms with E-state index in [4.69, 9.17) is 49.0 Å². The molecule has 2 N–H and O–H groups in total. The van der Waals surface area contributed by atoms with Crippen molar-refractivity contribution in [3.63, 3.8) is 0 Å². The van der Waals surface area contributed by atoms with Gasteiger partial charge in [-0.25, -0.2) is 14.8 Å². The lowest BCUT2D eigenvalue weighted by Crippen LogP contribution is -2.75. The van der Waals surface area contributed by atoms with E-state index in [2.05, 4.69) is 20.8 Å². The van der Waals surface area contributed by atoms with E-state index in [9.17, 15) is 14.4 Å². The fourth-order valence-electron chi connectivity index (χ4n) is 5.33. The van der Waals surface area contributed by atoms with E-state index in [1.54, 1.807) is 6.92 Å². The normalized spacial score (nSPS) is 25.5. The van der Waals surface area contributed by atoms with Gasteiger partial charge >= 0.3 is 6.03 Å². The summed E-state index contributed by atoms with van der Waals surface area (Å²) in [5.41, 5.74) is -0.0115. The number of carbonyl (C=O) groups is 3. The second-order valence-electron chi connectivity index (χ2n) is 8.65. The van der Waals surface area contributed by atoms with Gasteiger partial charge in [-0.3, -0.25) is 20.2 Å². The molecule has 3 atom stereocenters. The molecule has 1 spiro atoms. The lowest BCUT2D eigenvalue weighted by Gasteiger charge is -2.55. The van der Waals surface area contributed by atoms with Gasteiger partial charge in [0.15, 0.2) is 20.7 Å². The van der Waals surface area contributed by atoms with E-state index in [1.165, 1.54) is 0 Å². The van der Waals surface area contributed by atoms with Gasteiger partial charge in [0.1, 0.15) is 10.5 Å². The number of ether oxygens (including phenoxy) is 1. The number of anilines is 1. The molecule has 3 aromatic rings. The SMILES string of the molecule is C[C@@H]1CN2c3c(nc4c(-c5sc(Cl)nc5Cl)noc4c3Cl)CC3(C(=O)NC(=O)NC3=O)[C@H]2[C@H](C)O1. The Morgan fingerprint density at radius 3 is 2.49 bits per heavy atom. The van der Waals surface area contributed by atoms with E-state index >= 15 is 0 Å². The van der Waals surface area contributed by atoms with Crippen LogP contribution in [0.4, 0.5) is 10.5 Å². The summed E-state index contributed by atoms with van der Waals surface area (Å²) < 4.78 is 11.8. The van der Waals surface area contributed by atoms with Crippen LogP contribution in [0.3, 0.4) is 0 Å². The maximum Gasteiger partial charge on any atom is 0.328 e. The molecule has 35 heavy (non-hydrogen) atoms. The van der Waals surface area contributed by atoms with Crippen LogP contribution in [-0.4, -0.2) is 57.8 Å². The Kier molecular flexibility index (Phi) is 5.07. The maximum atomic E-state index is 13.3. The number of aromatic nitrogens is 3.